The van der Waals surface area contributed by atoms with Crippen LogP contribution in [0.5, 0.6) is 0 Å². The van der Waals surface area contributed by atoms with Gasteiger partial charge in [-0.15, -0.1) is 0 Å². The molecule has 2 aliphatic rings. The van der Waals surface area contributed by atoms with Gasteiger partial charge in [-0.1, -0.05) is 20.3 Å². The van der Waals surface area contributed by atoms with Gasteiger partial charge >= 0.3 is 0 Å². The topological polar surface area (TPSA) is 23.5 Å². The third-order valence-electron chi connectivity index (χ3n) is 3.91. The summed E-state index contributed by atoms with van der Waals surface area (Å²) in [6.07, 6.45) is 6.84. The normalized spacial score (nSPS) is 30.4. The fraction of sp³-hybridized carbons (Fsp3) is 1.00. The number of rotatable bonds is 1. The molecule has 0 amide bonds. The fourth-order valence-corrected chi connectivity index (χ4v) is 2.69. The van der Waals surface area contributed by atoms with Crippen LogP contribution in [0, 0.1) is 5.41 Å². The zero-order valence-corrected chi connectivity index (χ0v) is 9.92. The Labute approximate surface area is 88.3 Å². The molecule has 2 rings (SSSR count). The second-order valence-electron chi connectivity index (χ2n) is 4.62. The van der Waals surface area contributed by atoms with E-state index in [0.717, 1.165) is 0 Å². The summed E-state index contributed by atoms with van der Waals surface area (Å²) in [6.45, 7) is 5.53. The second kappa shape index (κ2) is 5.13. The predicted octanol–water partition coefficient (Wildman–Crippen LogP) is 2.27. The highest BCUT2D eigenvalue weighted by molar-refractivity contribution is 4.95. The minimum Gasteiger partial charge on any atom is -0.395 e. The number of aliphatic hydroxyl groups is 1. The van der Waals surface area contributed by atoms with E-state index in [0.29, 0.717) is 18.1 Å². The van der Waals surface area contributed by atoms with Gasteiger partial charge in [-0.05, 0) is 44.7 Å². The quantitative estimate of drug-likeness (QED) is 0.700. The van der Waals surface area contributed by atoms with Crippen molar-refractivity contribution in [3.63, 3.8) is 0 Å². The number of hydrogen-bond acceptors (Lipinski definition) is 2. The Kier molecular flexibility index (Phi) is 4.39. The van der Waals surface area contributed by atoms with Crippen LogP contribution in [-0.2, 0) is 0 Å². The van der Waals surface area contributed by atoms with Gasteiger partial charge < -0.3 is 10.0 Å². The Balaban J connectivity index is 0.000000461. The molecule has 2 nitrogen and oxygen atoms in total. The minimum absolute atomic E-state index is 0.345. The molecule has 0 bridgehead atoms. The van der Waals surface area contributed by atoms with Gasteiger partial charge in [0.15, 0.2) is 0 Å². The molecule has 1 unspecified atom stereocenters. The molecule has 1 saturated carbocycles. The first-order valence-electron chi connectivity index (χ1n) is 6.07. The van der Waals surface area contributed by atoms with Crippen LogP contribution in [0.3, 0.4) is 0 Å². The van der Waals surface area contributed by atoms with E-state index in [-0.39, 0.29) is 0 Å². The number of aliphatic hydroxyl groups excluding tert-OH is 1. The van der Waals surface area contributed by atoms with Crippen molar-refractivity contribution in [1.82, 2.24) is 4.90 Å². The van der Waals surface area contributed by atoms with Crippen LogP contribution in [0.25, 0.3) is 0 Å². The van der Waals surface area contributed by atoms with Crippen LogP contribution in [0.2, 0.25) is 0 Å². The van der Waals surface area contributed by atoms with E-state index in [9.17, 15) is 5.11 Å². The Bertz CT molecular complexity index is 166. The van der Waals surface area contributed by atoms with Crippen LogP contribution in [0.15, 0.2) is 0 Å². The number of likely N-dealkylation sites (N-methyl/N-ethyl adjacent to an activating group) is 1. The van der Waals surface area contributed by atoms with E-state index in [1.165, 1.54) is 38.6 Å². The molecular weight excluding hydrogens is 174 g/mol. The first-order chi connectivity index (χ1) is 6.76. The first-order valence-corrected chi connectivity index (χ1v) is 6.07. The molecule has 0 aromatic heterocycles. The Morgan fingerprint density at radius 1 is 1.29 bits per heavy atom. The number of likely N-dealkylation sites (tertiary alicyclic amines) is 1. The second-order valence-corrected chi connectivity index (χ2v) is 4.62. The number of piperidine rings is 1. The van der Waals surface area contributed by atoms with E-state index >= 15 is 0 Å². The summed E-state index contributed by atoms with van der Waals surface area (Å²) in [5, 5.41) is 9.17. The van der Waals surface area contributed by atoms with Crippen LogP contribution in [0.4, 0.5) is 0 Å². The van der Waals surface area contributed by atoms with Crippen molar-refractivity contribution in [2.24, 2.45) is 5.41 Å². The SMILES string of the molecule is CC.CN1CCC2(CCC2)CC1CO. The molecule has 1 spiro atoms. The molecule has 1 heterocycles. The maximum absolute atomic E-state index is 9.17. The lowest BCUT2D eigenvalue weighted by atomic mass is 9.62. The van der Waals surface area contributed by atoms with Gasteiger partial charge in [0.1, 0.15) is 0 Å². The molecule has 1 aliphatic heterocycles. The van der Waals surface area contributed by atoms with Gasteiger partial charge in [-0.2, -0.15) is 0 Å². The van der Waals surface area contributed by atoms with Crippen LogP contribution in [-0.4, -0.2) is 36.2 Å². The lowest BCUT2D eigenvalue weighted by molar-refractivity contribution is -0.0119. The molecule has 2 heteroatoms. The highest BCUT2D eigenvalue weighted by atomic mass is 16.3. The zero-order chi connectivity index (χ0) is 10.6. The highest BCUT2D eigenvalue weighted by Gasteiger charge is 2.42. The highest BCUT2D eigenvalue weighted by Crippen LogP contribution is 2.50. The molecule has 84 valence electrons. The van der Waals surface area contributed by atoms with E-state index in [1.54, 1.807) is 0 Å². The molecule has 1 aliphatic carbocycles. The summed E-state index contributed by atoms with van der Waals surface area (Å²) in [4.78, 5) is 2.31. The molecular formula is C12H25NO. The van der Waals surface area contributed by atoms with Crippen molar-refractivity contribution in [1.29, 1.82) is 0 Å². The number of hydrogen-bond donors (Lipinski definition) is 1. The lowest BCUT2D eigenvalue weighted by Gasteiger charge is -2.50. The minimum atomic E-state index is 0.345. The maximum Gasteiger partial charge on any atom is 0.0586 e. The summed E-state index contributed by atoms with van der Waals surface area (Å²) in [6, 6.07) is 0.444. The Morgan fingerprint density at radius 3 is 2.36 bits per heavy atom. The molecule has 1 atom stereocenters. The fourth-order valence-electron chi connectivity index (χ4n) is 2.69. The molecule has 0 aromatic carbocycles. The molecule has 14 heavy (non-hydrogen) atoms. The predicted molar refractivity (Wildman–Crippen MR) is 60.4 cm³/mol. The molecule has 1 N–H and O–H groups in total. The van der Waals surface area contributed by atoms with Crippen LogP contribution >= 0.6 is 0 Å². The summed E-state index contributed by atoms with van der Waals surface area (Å²) in [5.41, 5.74) is 0.653. The summed E-state index contributed by atoms with van der Waals surface area (Å²) < 4.78 is 0. The third kappa shape index (κ3) is 2.29. The smallest absolute Gasteiger partial charge is 0.0586 e. The van der Waals surface area contributed by atoms with Gasteiger partial charge in [0, 0.05) is 6.04 Å². The van der Waals surface area contributed by atoms with Crippen molar-refractivity contribution < 1.29 is 5.11 Å². The molecule has 1 saturated heterocycles. The van der Waals surface area contributed by atoms with Crippen LogP contribution in [0.1, 0.15) is 46.0 Å². The average Bonchev–Trinajstić information content (AvgIpc) is 2.19. The van der Waals surface area contributed by atoms with Gasteiger partial charge in [-0.25, -0.2) is 0 Å². The lowest BCUT2D eigenvalue weighted by Crippen LogP contribution is -2.49. The van der Waals surface area contributed by atoms with Gasteiger partial charge in [-0.3, -0.25) is 0 Å². The van der Waals surface area contributed by atoms with Gasteiger partial charge in [0.05, 0.1) is 6.61 Å². The summed E-state index contributed by atoms with van der Waals surface area (Å²) >= 11 is 0. The van der Waals surface area contributed by atoms with Crippen molar-refractivity contribution in [3.05, 3.63) is 0 Å². The average molecular weight is 199 g/mol. The first kappa shape index (κ1) is 12.0. The molecule has 2 fully saturated rings. The third-order valence-corrected chi connectivity index (χ3v) is 3.91. The molecule has 0 radical (unpaired) electrons. The van der Waals surface area contributed by atoms with Crippen molar-refractivity contribution in [2.45, 2.75) is 52.0 Å². The van der Waals surface area contributed by atoms with E-state index in [4.69, 9.17) is 0 Å². The van der Waals surface area contributed by atoms with Crippen LogP contribution < -0.4 is 0 Å². The van der Waals surface area contributed by atoms with Crippen molar-refractivity contribution >= 4 is 0 Å². The standard InChI is InChI=1S/C10H19NO.C2H6/c1-11-6-5-10(3-2-4-10)7-9(11)8-12;1-2/h9,12H,2-8H2,1H3;1-2H3. The number of nitrogens with zero attached hydrogens (tertiary/aromatic N) is 1. The van der Waals surface area contributed by atoms with E-state index in [2.05, 4.69) is 11.9 Å². The summed E-state index contributed by atoms with van der Waals surface area (Å²) in [7, 11) is 2.13. The van der Waals surface area contributed by atoms with Gasteiger partial charge in [0.2, 0.25) is 0 Å². The van der Waals surface area contributed by atoms with E-state index in [1.807, 2.05) is 13.8 Å². The van der Waals surface area contributed by atoms with Crippen molar-refractivity contribution in [3.8, 4) is 0 Å². The Hall–Kier alpha value is -0.0800. The zero-order valence-electron chi connectivity index (χ0n) is 9.92. The molecule has 0 aromatic rings. The summed E-state index contributed by atoms with van der Waals surface area (Å²) in [5.74, 6) is 0. The van der Waals surface area contributed by atoms with E-state index < -0.39 is 0 Å². The maximum atomic E-state index is 9.17. The van der Waals surface area contributed by atoms with Gasteiger partial charge in [0.25, 0.3) is 0 Å². The van der Waals surface area contributed by atoms with Crippen molar-refractivity contribution in [2.75, 3.05) is 20.2 Å². The Morgan fingerprint density at radius 2 is 1.93 bits per heavy atom. The largest absolute Gasteiger partial charge is 0.395 e. The monoisotopic (exact) mass is 199 g/mol.